The molecule has 1 aliphatic carbocycles. The summed E-state index contributed by atoms with van der Waals surface area (Å²) in [6, 6.07) is 11.8. The van der Waals surface area contributed by atoms with E-state index >= 15 is 0 Å². The number of carbonyl (C=O) groups excluding carboxylic acids is 2. The predicted octanol–water partition coefficient (Wildman–Crippen LogP) is 3.22. The largest absolute Gasteiger partial charge is 0.352 e. The van der Waals surface area contributed by atoms with Crippen LogP contribution in [0.2, 0.25) is 0 Å². The van der Waals surface area contributed by atoms with Crippen LogP contribution in [0.5, 0.6) is 0 Å². The predicted molar refractivity (Wildman–Crippen MR) is 138 cm³/mol. The molecular formula is C26H35FN4O4S. The Balaban J connectivity index is 1.91. The van der Waals surface area contributed by atoms with Gasteiger partial charge in [0.05, 0.1) is 5.69 Å². The summed E-state index contributed by atoms with van der Waals surface area (Å²) in [5.41, 5.74) is 2.03. The fraction of sp³-hybridized carbons (Fsp3) is 0.462. The number of hydrogen-bond donors (Lipinski definition) is 1. The van der Waals surface area contributed by atoms with Gasteiger partial charge in [-0.3, -0.25) is 9.59 Å². The molecule has 0 aromatic heterocycles. The number of nitrogens with one attached hydrogen (secondary N) is 1. The topological polar surface area (TPSA) is 90.0 Å². The fourth-order valence-electron chi connectivity index (χ4n) is 4.19. The van der Waals surface area contributed by atoms with Crippen molar-refractivity contribution >= 4 is 27.7 Å². The molecule has 1 N–H and O–H groups in total. The van der Waals surface area contributed by atoms with Crippen molar-refractivity contribution in [3.05, 3.63) is 65.5 Å². The molecule has 2 aromatic carbocycles. The van der Waals surface area contributed by atoms with Crippen LogP contribution in [0.3, 0.4) is 0 Å². The summed E-state index contributed by atoms with van der Waals surface area (Å²) in [4.78, 5) is 28.2. The van der Waals surface area contributed by atoms with Crippen LogP contribution in [-0.2, 0) is 26.3 Å². The van der Waals surface area contributed by atoms with Gasteiger partial charge < -0.3 is 10.2 Å². The second kappa shape index (κ2) is 11.8. The van der Waals surface area contributed by atoms with E-state index < -0.39 is 34.5 Å². The third-order valence-electron chi connectivity index (χ3n) is 6.48. The van der Waals surface area contributed by atoms with Crippen molar-refractivity contribution < 1.29 is 22.4 Å². The molecule has 8 nitrogen and oxygen atoms in total. The van der Waals surface area contributed by atoms with E-state index in [1.165, 1.54) is 31.1 Å². The highest BCUT2D eigenvalue weighted by molar-refractivity contribution is 7.90. The third kappa shape index (κ3) is 6.82. The van der Waals surface area contributed by atoms with E-state index in [0.717, 1.165) is 57.6 Å². The lowest BCUT2D eigenvalue weighted by Crippen LogP contribution is -2.53. The van der Waals surface area contributed by atoms with E-state index in [4.69, 9.17) is 0 Å². The molecule has 36 heavy (non-hydrogen) atoms. The number of nitrogens with zero attached hydrogens (tertiary/aromatic N) is 3. The van der Waals surface area contributed by atoms with Gasteiger partial charge in [-0.2, -0.15) is 12.7 Å². The molecule has 3 rings (SSSR count). The zero-order valence-electron chi connectivity index (χ0n) is 21.3. The van der Waals surface area contributed by atoms with Crippen LogP contribution >= 0.6 is 0 Å². The van der Waals surface area contributed by atoms with Crippen LogP contribution < -0.4 is 9.62 Å². The molecule has 0 heterocycles. The van der Waals surface area contributed by atoms with Crippen molar-refractivity contribution in [2.24, 2.45) is 0 Å². The van der Waals surface area contributed by atoms with Crippen molar-refractivity contribution in [1.82, 2.24) is 14.5 Å². The smallest absolute Gasteiger partial charge is 0.304 e. The van der Waals surface area contributed by atoms with E-state index in [0.29, 0.717) is 0 Å². The lowest BCUT2D eigenvalue weighted by Gasteiger charge is -2.33. The maximum atomic E-state index is 13.7. The van der Waals surface area contributed by atoms with Crippen LogP contribution in [0.1, 0.15) is 43.7 Å². The zero-order chi connectivity index (χ0) is 26.5. The molecular weight excluding hydrogens is 483 g/mol. The van der Waals surface area contributed by atoms with Crippen molar-refractivity contribution in [3.63, 3.8) is 0 Å². The van der Waals surface area contributed by atoms with Crippen LogP contribution in [0, 0.1) is 12.7 Å². The number of hydrogen-bond acceptors (Lipinski definition) is 4. The van der Waals surface area contributed by atoms with E-state index in [-0.39, 0.29) is 24.2 Å². The summed E-state index contributed by atoms with van der Waals surface area (Å²) >= 11 is 0. The molecule has 1 atom stereocenters. The Bertz CT molecular complexity index is 1150. The van der Waals surface area contributed by atoms with Gasteiger partial charge in [0, 0.05) is 26.7 Å². The highest BCUT2D eigenvalue weighted by Crippen LogP contribution is 2.22. The Hall–Kier alpha value is -2.98. The number of benzene rings is 2. The van der Waals surface area contributed by atoms with Gasteiger partial charge in [0.25, 0.3) is 0 Å². The summed E-state index contributed by atoms with van der Waals surface area (Å²) in [6.45, 7) is 3.20. The molecule has 0 radical (unpaired) electrons. The molecule has 0 saturated heterocycles. The van der Waals surface area contributed by atoms with Gasteiger partial charge in [0.1, 0.15) is 18.4 Å². The van der Waals surface area contributed by atoms with Crippen LogP contribution in [0.4, 0.5) is 10.1 Å². The quantitative estimate of drug-likeness (QED) is 0.523. The van der Waals surface area contributed by atoms with Gasteiger partial charge >= 0.3 is 10.2 Å². The summed E-state index contributed by atoms with van der Waals surface area (Å²) in [7, 11) is -1.36. The first kappa shape index (κ1) is 27.6. The number of rotatable bonds is 10. The molecule has 1 fully saturated rings. The fourth-order valence-corrected chi connectivity index (χ4v) is 5.24. The third-order valence-corrected chi connectivity index (χ3v) is 8.30. The standard InChI is InChI=1S/C26H35FN4O4S/c1-19-9-11-21(12-10-19)17-30(20(2)26(33)28-23-7-5-6-8-23)25(32)18-31(36(34,35)29(3)4)24-15-13-22(27)14-16-24/h9-16,20,23H,5-8,17-18H2,1-4H3,(H,28,33)/t20-/m0/s1. The molecule has 2 aromatic rings. The first-order valence-corrected chi connectivity index (χ1v) is 13.5. The number of carbonyl (C=O) groups is 2. The van der Waals surface area contributed by atoms with Gasteiger partial charge in [-0.25, -0.2) is 8.70 Å². The molecule has 196 valence electrons. The Morgan fingerprint density at radius 2 is 1.61 bits per heavy atom. The van der Waals surface area contributed by atoms with Gasteiger partial charge in [-0.05, 0) is 56.5 Å². The molecule has 0 bridgehead atoms. The second-order valence-electron chi connectivity index (χ2n) is 9.45. The average molecular weight is 519 g/mol. The summed E-state index contributed by atoms with van der Waals surface area (Å²) in [5, 5.41) is 3.03. The first-order valence-electron chi connectivity index (χ1n) is 12.1. The van der Waals surface area contributed by atoms with Gasteiger partial charge in [-0.15, -0.1) is 0 Å². The number of amides is 2. The highest BCUT2D eigenvalue weighted by atomic mass is 32.2. The second-order valence-corrected chi connectivity index (χ2v) is 11.5. The van der Waals surface area contributed by atoms with Crippen LogP contribution in [-0.4, -0.2) is 62.2 Å². The van der Waals surface area contributed by atoms with Crippen molar-refractivity contribution in [2.75, 3.05) is 24.9 Å². The summed E-state index contributed by atoms with van der Waals surface area (Å²) in [5.74, 6) is -1.34. The lowest BCUT2D eigenvalue weighted by atomic mass is 10.1. The van der Waals surface area contributed by atoms with Crippen LogP contribution in [0.15, 0.2) is 48.5 Å². The average Bonchev–Trinajstić information content (AvgIpc) is 3.35. The number of halogens is 1. The Labute approximate surface area is 213 Å². The molecule has 10 heteroatoms. The van der Waals surface area contributed by atoms with Crippen molar-refractivity contribution in [1.29, 1.82) is 0 Å². The van der Waals surface area contributed by atoms with Crippen LogP contribution in [0.25, 0.3) is 0 Å². The first-order chi connectivity index (χ1) is 17.0. The lowest BCUT2D eigenvalue weighted by molar-refractivity contribution is -0.139. The minimum atomic E-state index is -4.08. The minimum Gasteiger partial charge on any atom is -0.352 e. The maximum absolute atomic E-state index is 13.7. The monoisotopic (exact) mass is 518 g/mol. The molecule has 1 aliphatic rings. The van der Waals surface area contributed by atoms with Crippen molar-refractivity contribution in [2.45, 2.75) is 58.2 Å². The van der Waals surface area contributed by atoms with E-state index in [2.05, 4.69) is 5.32 Å². The maximum Gasteiger partial charge on any atom is 0.304 e. The molecule has 0 aliphatic heterocycles. The SMILES string of the molecule is Cc1ccc(CN(C(=O)CN(c2ccc(F)cc2)S(=O)(=O)N(C)C)[C@@H](C)C(=O)NC2CCCC2)cc1. The Kier molecular flexibility index (Phi) is 9.08. The highest BCUT2D eigenvalue weighted by Gasteiger charge is 2.33. The summed E-state index contributed by atoms with van der Waals surface area (Å²) in [6.07, 6.45) is 3.92. The number of anilines is 1. The molecule has 2 amide bonds. The van der Waals surface area contributed by atoms with E-state index in [1.54, 1.807) is 6.92 Å². The van der Waals surface area contributed by atoms with Gasteiger partial charge in [-0.1, -0.05) is 42.7 Å². The van der Waals surface area contributed by atoms with Gasteiger partial charge in [0.15, 0.2) is 0 Å². The number of aryl methyl sites for hydroxylation is 1. The summed E-state index contributed by atoms with van der Waals surface area (Å²) < 4.78 is 41.7. The van der Waals surface area contributed by atoms with E-state index in [9.17, 15) is 22.4 Å². The Morgan fingerprint density at radius 3 is 2.17 bits per heavy atom. The molecule has 1 saturated carbocycles. The van der Waals surface area contributed by atoms with Gasteiger partial charge in [0.2, 0.25) is 11.8 Å². The zero-order valence-corrected chi connectivity index (χ0v) is 22.1. The van der Waals surface area contributed by atoms with E-state index in [1.807, 2.05) is 31.2 Å². The van der Waals surface area contributed by atoms with Crippen molar-refractivity contribution in [3.8, 4) is 0 Å². The molecule has 0 spiro atoms. The Morgan fingerprint density at radius 1 is 1.03 bits per heavy atom. The normalized spacial score (nSPS) is 15.1. The minimum absolute atomic E-state index is 0.0844. The molecule has 0 unspecified atom stereocenters.